The highest BCUT2D eigenvalue weighted by atomic mass is 16.6. The molecular weight excluding hydrogens is 310 g/mol. The number of nitrogens with one attached hydrogen (secondary N) is 1. The number of fused-ring (bicyclic) bond motifs is 2. The van der Waals surface area contributed by atoms with E-state index in [0.29, 0.717) is 22.4 Å². The Kier molecular flexibility index (Phi) is 3.38. The number of hydrogen-bond acceptors (Lipinski definition) is 5. The molecule has 0 aliphatic carbocycles. The number of H-pyrrole nitrogens is 1. The normalized spacial score (nSPS) is 16.6. The van der Waals surface area contributed by atoms with Gasteiger partial charge in [-0.05, 0) is 18.2 Å². The number of azo groups is 1. The number of amides is 1. The van der Waals surface area contributed by atoms with E-state index in [-0.39, 0.29) is 18.2 Å². The van der Waals surface area contributed by atoms with Gasteiger partial charge in [-0.25, -0.2) is 0 Å². The molecule has 0 bridgehead atoms. The number of aromatic amines is 1. The van der Waals surface area contributed by atoms with E-state index in [1.165, 1.54) is 0 Å². The second-order valence-electron chi connectivity index (χ2n) is 5.27. The standard InChI is InChI=1S/C17H13N3O4/c21-16(14-9-23-12-7-3-4-8-13(12)24-14)20-19-15-10-5-1-2-6-11(10)18-17(15)22/h1-8,14,18,22H,9H2/t14-/m1/s1. The zero-order chi connectivity index (χ0) is 16.5. The minimum atomic E-state index is -0.865. The Balaban J connectivity index is 1.56. The van der Waals surface area contributed by atoms with Gasteiger partial charge in [0, 0.05) is 5.39 Å². The van der Waals surface area contributed by atoms with E-state index in [2.05, 4.69) is 15.2 Å². The highest BCUT2D eigenvalue weighted by Gasteiger charge is 2.27. The maximum atomic E-state index is 12.2. The molecule has 0 spiro atoms. The Labute approximate surface area is 136 Å². The molecule has 0 fully saturated rings. The van der Waals surface area contributed by atoms with Crippen LogP contribution in [0.25, 0.3) is 10.9 Å². The number of benzene rings is 2. The number of nitrogens with zero attached hydrogens (tertiary/aromatic N) is 2. The smallest absolute Gasteiger partial charge is 0.308 e. The average molecular weight is 323 g/mol. The summed E-state index contributed by atoms with van der Waals surface area (Å²) in [5.41, 5.74) is 0.929. The summed E-state index contributed by atoms with van der Waals surface area (Å²) in [6.45, 7) is 0.0642. The Bertz CT molecular complexity index is 948. The third-order valence-electron chi connectivity index (χ3n) is 3.69. The predicted molar refractivity (Wildman–Crippen MR) is 85.8 cm³/mol. The van der Waals surface area contributed by atoms with Crippen molar-refractivity contribution in [2.45, 2.75) is 6.10 Å². The summed E-state index contributed by atoms with van der Waals surface area (Å²) in [4.78, 5) is 15.0. The Morgan fingerprint density at radius 3 is 2.75 bits per heavy atom. The first-order chi connectivity index (χ1) is 11.7. The van der Waals surface area contributed by atoms with E-state index in [1.54, 1.807) is 30.3 Å². The molecule has 0 radical (unpaired) electrons. The Morgan fingerprint density at radius 1 is 1.12 bits per heavy atom. The molecule has 1 atom stereocenters. The van der Waals surface area contributed by atoms with Crippen LogP contribution in [0.2, 0.25) is 0 Å². The lowest BCUT2D eigenvalue weighted by Crippen LogP contribution is -2.35. The summed E-state index contributed by atoms with van der Waals surface area (Å²) in [5, 5.41) is 18.1. The van der Waals surface area contributed by atoms with E-state index < -0.39 is 12.0 Å². The minimum Gasteiger partial charge on any atom is -0.493 e. The van der Waals surface area contributed by atoms with Gasteiger partial charge in [0.25, 0.3) is 0 Å². The summed E-state index contributed by atoms with van der Waals surface area (Å²) < 4.78 is 11.1. The maximum absolute atomic E-state index is 12.2. The van der Waals surface area contributed by atoms with Gasteiger partial charge in [-0.15, -0.1) is 10.2 Å². The molecule has 2 N–H and O–H groups in total. The molecule has 120 valence electrons. The largest absolute Gasteiger partial charge is 0.493 e. The molecule has 0 saturated carbocycles. The van der Waals surface area contributed by atoms with Gasteiger partial charge in [0.1, 0.15) is 6.61 Å². The molecule has 0 saturated heterocycles. The molecule has 3 aromatic rings. The lowest BCUT2D eigenvalue weighted by Gasteiger charge is -2.23. The van der Waals surface area contributed by atoms with Gasteiger partial charge in [-0.1, -0.05) is 30.3 Å². The van der Waals surface area contributed by atoms with Crippen molar-refractivity contribution in [1.29, 1.82) is 0 Å². The second kappa shape index (κ2) is 5.69. The molecular formula is C17H13N3O4. The molecule has 1 aromatic heterocycles. The fourth-order valence-corrected chi connectivity index (χ4v) is 2.52. The molecule has 1 aliphatic heterocycles. The van der Waals surface area contributed by atoms with Gasteiger partial charge >= 0.3 is 5.91 Å². The van der Waals surface area contributed by atoms with Crippen LogP contribution >= 0.6 is 0 Å². The zero-order valence-electron chi connectivity index (χ0n) is 12.5. The van der Waals surface area contributed by atoms with Gasteiger partial charge in [-0.3, -0.25) is 4.79 Å². The number of aromatic nitrogens is 1. The van der Waals surface area contributed by atoms with Crippen LogP contribution in [0.3, 0.4) is 0 Å². The van der Waals surface area contributed by atoms with Crippen LogP contribution in [0, 0.1) is 0 Å². The molecule has 4 rings (SSSR count). The van der Waals surface area contributed by atoms with Crippen LogP contribution in [-0.4, -0.2) is 28.7 Å². The average Bonchev–Trinajstić information content (AvgIpc) is 2.94. The van der Waals surface area contributed by atoms with Crippen molar-refractivity contribution in [3.8, 4) is 17.4 Å². The van der Waals surface area contributed by atoms with Crippen LogP contribution in [-0.2, 0) is 4.79 Å². The first-order valence-corrected chi connectivity index (χ1v) is 7.36. The molecule has 1 aliphatic rings. The van der Waals surface area contributed by atoms with Crippen LogP contribution in [0.15, 0.2) is 58.8 Å². The molecule has 7 nitrogen and oxygen atoms in total. The number of para-hydroxylation sites is 3. The van der Waals surface area contributed by atoms with Gasteiger partial charge in [-0.2, -0.15) is 0 Å². The first-order valence-electron chi connectivity index (χ1n) is 7.36. The topological polar surface area (TPSA) is 96.3 Å². The summed E-state index contributed by atoms with van der Waals surface area (Å²) in [6, 6.07) is 14.3. The molecule has 0 unspecified atom stereocenters. The predicted octanol–water partition coefficient (Wildman–Crippen LogP) is 3.32. The molecule has 7 heteroatoms. The third kappa shape index (κ3) is 2.45. The maximum Gasteiger partial charge on any atom is 0.308 e. The van der Waals surface area contributed by atoms with Crippen molar-refractivity contribution in [3.05, 3.63) is 48.5 Å². The van der Waals surface area contributed by atoms with E-state index in [1.807, 2.05) is 18.2 Å². The lowest BCUT2D eigenvalue weighted by molar-refractivity contribution is -0.127. The van der Waals surface area contributed by atoms with Gasteiger partial charge in [0.15, 0.2) is 17.2 Å². The number of hydrogen-bond donors (Lipinski definition) is 2. The molecule has 24 heavy (non-hydrogen) atoms. The van der Waals surface area contributed by atoms with Crippen molar-refractivity contribution in [2.75, 3.05) is 6.61 Å². The lowest BCUT2D eigenvalue weighted by atomic mass is 10.2. The number of carbonyl (C=O) groups excluding carboxylic acids is 1. The van der Waals surface area contributed by atoms with Gasteiger partial charge in [0.2, 0.25) is 12.0 Å². The Morgan fingerprint density at radius 2 is 1.88 bits per heavy atom. The summed E-state index contributed by atoms with van der Waals surface area (Å²) in [7, 11) is 0. The van der Waals surface area contributed by atoms with E-state index in [0.717, 1.165) is 0 Å². The van der Waals surface area contributed by atoms with Crippen LogP contribution < -0.4 is 9.47 Å². The number of carbonyl (C=O) groups is 1. The quantitative estimate of drug-likeness (QED) is 0.707. The summed E-state index contributed by atoms with van der Waals surface area (Å²) in [6.07, 6.45) is -0.865. The fourth-order valence-electron chi connectivity index (χ4n) is 2.52. The van der Waals surface area contributed by atoms with Gasteiger partial charge in [0.05, 0.1) is 5.52 Å². The number of ether oxygens (including phenoxy) is 2. The van der Waals surface area contributed by atoms with Crippen molar-refractivity contribution in [1.82, 2.24) is 4.98 Å². The van der Waals surface area contributed by atoms with Crippen LogP contribution in [0.4, 0.5) is 5.69 Å². The number of aromatic hydroxyl groups is 1. The second-order valence-corrected chi connectivity index (χ2v) is 5.27. The van der Waals surface area contributed by atoms with E-state index >= 15 is 0 Å². The SMILES string of the molecule is O=C(N=Nc1c(O)[nH]c2ccccc12)[C@H]1COc2ccccc2O1. The molecule has 2 heterocycles. The van der Waals surface area contributed by atoms with Crippen molar-refractivity contribution < 1.29 is 19.4 Å². The van der Waals surface area contributed by atoms with Crippen LogP contribution in [0.5, 0.6) is 17.4 Å². The third-order valence-corrected chi connectivity index (χ3v) is 3.69. The highest BCUT2D eigenvalue weighted by Crippen LogP contribution is 2.35. The first kappa shape index (κ1) is 14.3. The van der Waals surface area contributed by atoms with Crippen LogP contribution in [0.1, 0.15) is 0 Å². The van der Waals surface area contributed by atoms with Gasteiger partial charge < -0.3 is 19.6 Å². The van der Waals surface area contributed by atoms with E-state index in [4.69, 9.17) is 9.47 Å². The Hall–Kier alpha value is -3.35. The number of rotatable bonds is 2. The molecule has 1 amide bonds. The highest BCUT2D eigenvalue weighted by molar-refractivity contribution is 5.94. The van der Waals surface area contributed by atoms with Crippen molar-refractivity contribution in [2.24, 2.45) is 10.2 Å². The minimum absolute atomic E-state index is 0.0642. The zero-order valence-corrected chi connectivity index (χ0v) is 12.5. The summed E-state index contributed by atoms with van der Waals surface area (Å²) in [5.74, 6) is 0.369. The van der Waals surface area contributed by atoms with Crippen molar-refractivity contribution in [3.63, 3.8) is 0 Å². The monoisotopic (exact) mass is 323 g/mol. The van der Waals surface area contributed by atoms with E-state index in [9.17, 15) is 9.90 Å². The molecule has 2 aromatic carbocycles. The fraction of sp³-hybridized carbons (Fsp3) is 0.118. The summed E-state index contributed by atoms with van der Waals surface area (Å²) >= 11 is 0. The van der Waals surface area contributed by atoms with Crippen molar-refractivity contribution >= 4 is 22.5 Å².